The van der Waals surface area contributed by atoms with E-state index in [-0.39, 0.29) is 35.1 Å². The van der Waals surface area contributed by atoms with E-state index in [1.54, 1.807) is 11.9 Å². The average molecular weight is 576 g/mol. The van der Waals surface area contributed by atoms with Crippen LogP contribution in [0.25, 0.3) is 0 Å². The van der Waals surface area contributed by atoms with Gasteiger partial charge in [-0.25, -0.2) is 4.79 Å². The molecule has 8 heteroatoms. The van der Waals surface area contributed by atoms with E-state index >= 15 is 0 Å². The molecule has 7 nitrogen and oxygen atoms in total. The fourth-order valence-electron chi connectivity index (χ4n) is 5.50. The van der Waals surface area contributed by atoms with Crippen molar-refractivity contribution in [3.05, 3.63) is 90.0 Å². The van der Waals surface area contributed by atoms with Crippen LogP contribution in [0.3, 0.4) is 0 Å². The molecule has 1 aliphatic carbocycles. The molecule has 1 heterocycles. The Hall–Kier alpha value is -3.65. The number of rotatable bonds is 6. The van der Waals surface area contributed by atoms with Gasteiger partial charge in [0.15, 0.2) is 0 Å². The van der Waals surface area contributed by atoms with Gasteiger partial charge >= 0.3 is 6.03 Å². The molecule has 0 unspecified atom stereocenters. The Balaban J connectivity index is 1.33. The summed E-state index contributed by atoms with van der Waals surface area (Å²) >= 11 is 3.33. The predicted molar refractivity (Wildman–Crippen MR) is 153 cm³/mol. The Morgan fingerprint density at radius 2 is 1.61 bits per heavy atom. The third kappa shape index (κ3) is 5.31. The Morgan fingerprint density at radius 1 is 0.921 bits per heavy atom. The molecule has 3 aromatic rings. The number of anilines is 3. The number of hydrogen-bond acceptors (Lipinski definition) is 3. The van der Waals surface area contributed by atoms with E-state index in [4.69, 9.17) is 0 Å². The van der Waals surface area contributed by atoms with Gasteiger partial charge in [0.25, 0.3) is 0 Å². The number of hydrogen-bond donors (Lipinski definition) is 1. The molecule has 1 N–H and O–H groups in total. The first-order chi connectivity index (χ1) is 18.5. The number of para-hydroxylation sites is 2. The molecule has 1 saturated carbocycles. The number of amides is 4. The first-order valence-corrected chi connectivity index (χ1v) is 14.0. The number of benzene rings is 3. The molecule has 2 atom stereocenters. The number of carbonyl (C=O) groups excluding carboxylic acids is 3. The summed E-state index contributed by atoms with van der Waals surface area (Å²) in [6, 6.07) is 24.8. The Kier molecular flexibility index (Phi) is 7.79. The van der Waals surface area contributed by atoms with E-state index in [1.165, 1.54) is 0 Å². The van der Waals surface area contributed by atoms with Crippen LogP contribution in [0.1, 0.15) is 30.4 Å². The maximum absolute atomic E-state index is 13.8. The monoisotopic (exact) mass is 574 g/mol. The van der Waals surface area contributed by atoms with E-state index < -0.39 is 0 Å². The second kappa shape index (κ2) is 11.4. The number of fused-ring (bicyclic) bond motifs is 2. The van der Waals surface area contributed by atoms with Gasteiger partial charge in [-0.1, -0.05) is 76.9 Å². The van der Waals surface area contributed by atoms with E-state index in [1.807, 2.05) is 88.7 Å². The van der Waals surface area contributed by atoms with Crippen LogP contribution in [0, 0.1) is 5.92 Å². The van der Waals surface area contributed by atoms with Crippen molar-refractivity contribution in [1.29, 1.82) is 0 Å². The molecule has 0 bridgehead atoms. The molecule has 196 valence electrons. The minimum absolute atomic E-state index is 0.0265. The summed E-state index contributed by atoms with van der Waals surface area (Å²) in [4.78, 5) is 44.8. The second-order valence-electron chi connectivity index (χ2n) is 9.88. The van der Waals surface area contributed by atoms with Gasteiger partial charge < -0.3 is 20.0 Å². The minimum atomic E-state index is -0.218. The van der Waals surface area contributed by atoms with Crippen molar-refractivity contribution in [1.82, 2.24) is 4.90 Å². The van der Waals surface area contributed by atoms with Crippen molar-refractivity contribution in [3.63, 3.8) is 0 Å². The zero-order valence-corrected chi connectivity index (χ0v) is 22.9. The molecule has 38 heavy (non-hydrogen) atoms. The zero-order chi connectivity index (χ0) is 26.6. The minimum Gasteiger partial charge on any atom is -0.323 e. The van der Waals surface area contributed by atoms with Crippen LogP contribution in [-0.4, -0.2) is 41.2 Å². The van der Waals surface area contributed by atoms with Crippen LogP contribution in [0.4, 0.5) is 21.9 Å². The summed E-state index contributed by atoms with van der Waals surface area (Å²) in [5.74, 6) is -0.185. The number of carbonyl (C=O) groups is 3. The van der Waals surface area contributed by atoms with Crippen LogP contribution in [0.2, 0.25) is 0 Å². The van der Waals surface area contributed by atoms with Gasteiger partial charge in [-0.05, 0) is 48.2 Å². The smallest absolute Gasteiger partial charge is 0.321 e. The quantitative estimate of drug-likeness (QED) is 0.378. The lowest BCUT2D eigenvalue weighted by molar-refractivity contribution is -0.122. The van der Waals surface area contributed by atoms with Gasteiger partial charge in [0.05, 0.1) is 29.2 Å². The molecule has 1 aliphatic heterocycles. The molecule has 4 amide bonds. The molecular weight excluding hydrogens is 544 g/mol. The molecule has 0 spiro atoms. The Bertz CT molecular complexity index is 1310. The van der Waals surface area contributed by atoms with Crippen LogP contribution in [0.5, 0.6) is 0 Å². The summed E-state index contributed by atoms with van der Waals surface area (Å²) in [6.07, 6.45) is 2.53. The second-order valence-corrected chi connectivity index (χ2v) is 10.4. The highest BCUT2D eigenvalue weighted by molar-refractivity contribution is 9.09. The van der Waals surface area contributed by atoms with Gasteiger partial charge in [0.2, 0.25) is 11.8 Å². The van der Waals surface area contributed by atoms with Crippen LogP contribution in [-0.2, 0) is 22.7 Å². The average Bonchev–Trinajstić information content (AvgIpc) is 3.39. The first kappa shape index (κ1) is 26.0. The van der Waals surface area contributed by atoms with E-state index in [9.17, 15) is 14.4 Å². The summed E-state index contributed by atoms with van der Waals surface area (Å²) in [7, 11) is 1.76. The highest BCUT2D eigenvalue weighted by atomic mass is 79.9. The highest BCUT2D eigenvalue weighted by Gasteiger charge is 2.45. The third-order valence-electron chi connectivity index (χ3n) is 7.36. The number of nitrogens with zero attached hydrogens (tertiary/aromatic N) is 3. The number of alkyl halides is 1. The lowest BCUT2D eigenvalue weighted by Crippen LogP contribution is -2.45. The molecule has 0 saturated heterocycles. The number of nitrogens with one attached hydrogen (secondary N) is 1. The van der Waals surface area contributed by atoms with Crippen molar-refractivity contribution in [2.24, 2.45) is 5.92 Å². The normalized spacial score (nSPS) is 18.4. The maximum atomic E-state index is 13.8. The van der Waals surface area contributed by atoms with E-state index in [0.29, 0.717) is 18.8 Å². The van der Waals surface area contributed by atoms with Crippen LogP contribution >= 0.6 is 15.9 Å². The fraction of sp³-hybridized carbons (Fsp3) is 0.300. The molecule has 0 aromatic heterocycles. The van der Waals surface area contributed by atoms with Crippen molar-refractivity contribution < 1.29 is 14.4 Å². The Morgan fingerprint density at radius 3 is 2.32 bits per heavy atom. The van der Waals surface area contributed by atoms with Gasteiger partial charge in [0, 0.05) is 25.3 Å². The van der Waals surface area contributed by atoms with Crippen LogP contribution in [0.15, 0.2) is 78.9 Å². The summed E-state index contributed by atoms with van der Waals surface area (Å²) in [5.41, 5.74) is 4.22. The Labute approximate surface area is 231 Å². The fourth-order valence-corrected chi connectivity index (χ4v) is 5.77. The standard InChI is InChI=1S/C30H31BrN4O3/c1-33(19-21-8-3-2-4-9-21)30(38)32-23-16-14-22(15-17-23)20-34-26-11-5-6-12-27(26)35(28(36)18-31)25-13-7-10-24(25)29(34)37/h2-6,8-9,11-12,14-17,24-25H,7,10,13,18-20H2,1H3,(H,32,38)/t24-,25+/m0/s1. The van der Waals surface area contributed by atoms with Crippen molar-refractivity contribution in [2.75, 3.05) is 27.5 Å². The van der Waals surface area contributed by atoms with Crippen molar-refractivity contribution in [2.45, 2.75) is 38.4 Å². The molecular formula is C30H31BrN4O3. The predicted octanol–water partition coefficient (Wildman–Crippen LogP) is 5.79. The van der Waals surface area contributed by atoms with Gasteiger partial charge in [0.1, 0.15) is 0 Å². The molecule has 2 aliphatic rings. The summed E-state index contributed by atoms with van der Waals surface area (Å²) in [5, 5.41) is 3.15. The SMILES string of the molecule is CN(Cc1ccccc1)C(=O)Nc1ccc(CN2C(=O)[C@H]3CCC[C@H]3N(C(=O)CBr)c3ccccc32)cc1. The lowest BCUT2D eigenvalue weighted by atomic mass is 10.0. The van der Waals surface area contributed by atoms with Crippen LogP contribution < -0.4 is 15.1 Å². The van der Waals surface area contributed by atoms with Gasteiger partial charge in [-0.15, -0.1) is 0 Å². The molecule has 5 rings (SSSR count). The van der Waals surface area contributed by atoms with E-state index in [2.05, 4.69) is 21.2 Å². The summed E-state index contributed by atoms with van der Waals surface area (Å²) in [6.45, 7) is 0.898. The molecule has 1 fully saturated rings. The third-order valence-corrected chi connectivity index (χ3v) is 7.84. The maximum Gasteiger partial charge on any atom is 0.321 e. The van der Waals surface area contributed by atoms with E-state index in [0.717, 1.165) is 41.8 Å². The summed E-state index contributed by atoms with van der Waals surface area (Å²) < 4.78 is 0. The largest absolute Gasteiger partial charge is 0.323 e. The lowest BCUT2D eigenvalue weighted by Gasteiger charge is -2.30. The highest BCUT2D eigenvalue weighted by Crippen LogP contribution is 2.43. The first-order valence-electron chi connectivity index (χ1n) is 12.9. The zero-order valence-electron chi connectivity index (χ0n) is 21.3. The van der Waals surface area contributed by atoms with Gasteiger partial charge in [-0.2, -0.15) is 0 Å². The van der Waals surface area contributed by atoms with Gasteiger partial charge in [-0.3, -0.25) is 9.59 Å². The number of halogens is 1. The number of urea groups is 1. The topological polar surface area (TPSA) is 73.0 Å². The molecule has 3 aromatic carbocycles. The van der Waals surface area contributed by atoms with Crippen molar-refractivity contribution in [3.8, 4) is 0 Å². The molecule has 0 radical (unpaired) electrons. The van der Waals surface area contributed by atoms with Crippen molar-refractivity contribution >= 4 is 50.8 Å².